The Hall–Kier alpha value is -2.31. The maximum Gasteiger partial charge on any atom is 0.283 e. The van der Waals surface area contributed by atoms with Crippen molar-refractivity contribution < 1.29 is 14.6 Å². The molecule has 0 bridgehead atoms. The van der Waals surface area contributed by atoms with Crippen molar-refractivity contribution in [3.8, 4) is 5.75 Å². The number of benzene rings is 1. The molecular formula is C23H26N2O3S. The number of aryl methyl sites for hydroxylation is 1. The van der Waals surface area contributed by atoms with Gasteiger partial charge in [0.1, 0.15) is 18.5 Å². The van der Waals surface area contributed by atoms with Gasteiger partial charge in [0, 0.05) is 11.9 Å². The predicted octanol–water partition coefficient (Wildman–Crippen LogP) is 4.56. The predicted molar refractivity (Wildman–Crippen MR) is 115 cm³/mol. The number of amides is 1. The standard InChI is InChI=1S/C23H26N2O3S/c1-2-15-8-11-19(24-13-15)20(26)14-28-18-9-6-16(7-10-18)12-21-22(17-4-3-5-17)25-23(27)29-21/h6-11,13,20-21,26H,2-5,12,14H2,1H3,(H,25,27)/t20-,21?/m0/s1. The normalized spacial score (nSPS) is 19.7. The molecule has 4 rings (SSSR count). The Morgan fingerprint density at radius 2 is 1.97 bits per heavy atom. The van der Waals surface area contributed by atoms with Crippen LogP contribution in [0.5, 0.6) is 5.75 Å². The van der Waals surface area contributed by atoms with Gasteiger partial charge in [0.25, 0.3) is 5.24 Å². The summed E-state index contributed by atoms with van der Waals surface area (Å²) in [7, 11) is 0. The number of aliphatic hydroxyl groups excluding tert-OH is 1. The van der Waals surface area contributed by atoms with Crippen molar-refractivity contribution in [3.05, 3.63) is 70.7 Å². The number of pyridine rings is 1. The maximum atomic E-state index is 11.8. The van der Waals surface area contributed by atoms with Crippen LogP contribution in [0, 0.1) is 0 Å². The number of thioether (sulfide) groups is 1. The first-order chi connectivity index (χ1) is 14.1. The summed E-state index contributed by atoms with van der Waals surface area (Å²) in [6, 6.07) is 11.7. The van der Waals surface area contributed by atoms with Gasteiger partial charge >= 0.3 is 0 Å². The lowest BCUT2D eigenvalue weighted by atomic mass is 9.88. The number of carbonyl (C=O) groups excluding carboxylic acids is 1. The highest BCUT2D eigenvalue weighted by molar-refractivity contribution is 8.14. The van der Waals surface area contributed by atoms with Crippen LogP contribution in [-0.2, 0) is 12.8 Å². The lowest BCUT2D eigenvalue weighted by Crippen LogP contribution is -2.20. The Morgan fingerprint density at radius 1 is 1.21 bits per heavy atom. The monoisotopic (exact) mass is 410 g/mol. The summed E-state index contributed by atoms with van der Waals surface area (Å²) in [5.41, 5.74) is 5.47. The lowest BCUT2D eigenvalue weighted by molar-refractivity contribution is 0.104. The topological polar surface area (TPSA) is 71.5 Å². The second kappa shape index (κ2) is 9.01. The summed E-state index contributed by atoms with van der Waals surface area (Å²) >= 11 is 1.39. The van der Waals surface area contributed by atoms with Crippen LogP contribution in [0.2, 0.25) is 0 Å². The molecule has 1 amide bonds. The number of hydrogen-bond donors (Lipinski definition) is 2. The van der Waals surface area contributed by atoms with Crippen LogP contribution < -0.4 is 10.1 Å². The van der Waals surface area contributed by atoms with E-state index in [1.165, 1.54) is 29.3 Å². The van der Waals surface area contributed by atoms with Crippen molar-refractivity contribution in [3.63, 3.8) is 0 Å². The Labute approximate surface area is 175 Å². The molecule has 1 aliphatic carbocycles. The van der Waals surface area contributed by atoms with Gasteiger partial charge in [-0.15, -0.1) is 0 Å². The van der Waals surface area contributed by atoms with E-state index in [2.05, 4.69) is 17.2 Å². The minimum atomic E-state index is -0.760. The molecule has 1 saturated heterocycles. The summed E-state index contributed by atoms with van der Waals surface area (Å²) in [5.74, 6) is 0.712. The molecule has 1 aromatic heterocycles. The molecule has 0 spiro atoms. The van der Waals surface area contributed by atoms with E-state index in [1.807, 2.05) is 36.4 Å². The van der Waals surface area contributed by atoms with E-state index in [0.717, 1.165) is 36.9 Å². The fourth-order valence-corrected chi connectivity index (χ4v) is 4.58. The summed E-state index contributed by atoms with van der Waals surface area (Å²) < 4.78 is 5.74. The van der Waals surface area contributed by atoms with Crippen molar-refractivity contribution in [1.82, 2.24) is 10.3 Å². The summed E-state index contributed by atoms with van der Waals surface area (Å²) in [5, 5.41) is 13.6. The second-order valence-corrected chi connectivity index (χ2v) is 8.69. The first kappa shape index (κ1) is 20.0. The van der Waals surface area contributed by atoms with Gasteiger partial charge in [0.2, 0.25) is 0 Å². The van der Waals surface area contributed by atoms with Gasteiger partial charge in [-0.1, -0.05) is 36.9 Å². The van der Waals surface area contributed by atoms with Crippen molar-refractivity contribution in [1.29, 1.82) is 0 Å². The Bertz CT molecular complexity index is 887. The highest BCUT2D eigenvalue weighted by atomic mass is 32.2. The van der Waals surface area contributed by atoms with Gasteiger partial charge in [0.05, 0.1) is 10.9 Å². The zero-order chi connectivity index (χ0) is 20.2. The third-order valence-electron chi connectivity index (χ3n) is 5.50. The molecule has 2 heterocycles. The van der Waals surface area contributed by atoms with Crippen molar-refractivity contribution in [2.75, 3.05) is 6.61 Å². The summed E-state index contributed by atoms with van der Waals surface area (Å²) in [4.78, 5) is 16.1. The van der Waals surface area contributed by atoms with Crippen molar-refractivity contribution >= 4 is 17.0 Å². The average Bonchev–Trinajstić information content (AvgIpc) is 3.05. The minimum Gasteiger partial charge on any atom is -0.490 e. The molecule has 2 aromatic rings. The van der Waals surface area contributed by atoms with E-state index in [0.29, 0.717) is 11.4 Å². The number of hydrogen-bond acceptors (Lipinski definition) is 5. The molecule has 29 heavy (non-hydrogen) atoms. The van der Waals surface area contributed by atoms with Gasteiger partial charge in [-0.3, -0.25) is 9.78 Å². The van der Waals surface area contributed by atoms with E-state index in [9.17, 15) is 9.90 Å². The molecule has 2 N–H and O–H groups in total. The van der Waals surface area contributed by atoms with Crippen LogP contribution in [-0.4, -0.2) is 27.2 Å². The van der Waals surface area contributed by atoms with Crippen LogP contribution >= 0.6 is 11.8 Å². The molecule has 1 aromatic carbocycles. The third-order valence-corrected chi connectivity index (χ3v) is 6.50. The fraction of sp³-hybridized carbons (Fsp3) is 0.391. The first-order valence-corrected chi connectivity index (χ1v) is 11.0. The van der Waals surface area contributed by atoms with E-state index in [4.69, 9.17) is 4.74 Å². The number of aliphatic hydroxyl groups is 1. The lowest BCUT2D eigenvalue weighted by Gasteiger charge is -2.22. The van der Waals surface area contributed by atoms with Crippen LogP contribution in [0.25, 0.3) is 0 Å². The number of rotatable bonds is 7. The van der Waals surface area contributed by atoms with Gasteiger partial charge < -0.3 is 15.2 Å². The molecule has 152 valence electrons. The quantitative estimate of drug-likeness (QED) is 0.700. The zero-order valence-electron chi connectivity index (χ0n) is 16.6. The molecule has 2 atom stereocenters. The number of nitrogens with zero attached hydrogens (tertiary/aromatic N) is 1. The summed E-state index contributed by atoms with van der Waals surface area (Å²) in [6.45, 7) is 2.23. The molecule has 2 fully saturated rings. The van der Waals surface area contributed by atoms with Crippen LogP contribution in [0.4, 0.5) is 4.79 Å². The Kier molecular flexibility index (Phi) is 6.21. The summed E-state index contributed by atoms with van der Waals surface area (Å²) in [6.07, 6.45) is 6.22. The molecule has 5 nitrogen and oxygen atoms in total. The van der Waals surface area contributed by atoms with Gasteiger partial charge in [0.15, 0.2) is 0 Å². The van der Waals surface area contributed by atoms with E-state index < -0.39 is 6.10 Å². The van der Waals surface area contributed by atoms with E-state index in [1.54, 1.807) is 6.20 Å². The SMILES string of the molecule is CCc1ccc([C@@H](O)COc2ccc(CC3SC(=O)NC3=C3CCC3)cc2)nc1. The smallest absolute Gasteiger partial charge is 0.283 e. The van der Waals surface area contributed by atoms with E-state index in [-0.39, 0.29) is 17.1 Å². The molecule has 1 saturated carbocycles. The highest BCUT2D eigenvalue weighted by Crippen LogP contribution is 2.37. The minimum absolute atomic E-state index is 0.0546. The fourth-order valence-electron chi connectivity index (χ4n) is 3.53. The average molecular weight is 411 g/mol. The number of allylic oxidation sites excluding steroid dienone is 1. The first-order valence-electron chi connectivity index (χ1n) is 10.2. The number of ether oxygens (including phenoxy) is 1. The Balaban J connectivity index is 1.32. The zero-order valence-corrected chi connectivity index (χ0v) is 17.4. The highest BCUT2D eigenvalue weighted by Gasteiger charge is 2.32. The maximum absolute atomic E-state index is 11.8. The third kappa shape index (κ3) is 4.82. The molecule has 1 unspecified atom stereocenters. The van der Waals surface area contributed by atoms with Crippen molar-refractivity contribution in [2.45, 2.75) is 50.4 Å². The van der Waals surface area contributed by atoms with Gasteiger partial charge in [-0.05, 0) is 67.0 Å². The second-order valence-electron chi connectivity index (χ2n) is 7.51. The van der Waals surface area contributed by atoms with Crippen LogP contribution in [0.1, 0.15) is 49.1 Å². The molecule has 6 heteroatoms. The number of carbonyl (C=O) groups is 1. The molecule has 2 aliphatic rings. The van der Waals surface area contributed by atoms with Crippen LogP contribution in [0.15, 0.2) is 53.9 Å². The molecule has 1 aliphatic heterocycles. The van der Waals surface area contributed by atoms with E-state index >= 15 is 0 Å². The Morgan fingerprint density at radius 3 is 2.59 bits per heavy atom. The van der Waals surface area contributed by atoms with Gasteiger partial charge in [-0.25, -0.2) is 0 Å². The van der Waals surface area contributed by atoms with Crippen LogP contribution in [0.3, 0.4) is 0 Å². The molecule has 0 radical (unpaired) electrons. The largest absolute Gasteiger partial charge is 0.490 e. The number of aromatic nitrogens is 1. The van der Waals surface area contributed by atoms with Crippen molar-refractivity contribution in [2.24, 2.45) is 0 Å². The van der Waals surface area contributed by atoms with Gasteiger partial charge in [-0.2, -0.15) is 0 Å². The molecular weight excluding hydrogens is 384 g/mol. The number of nitrogens with one attached hydrogen (secondary N) is 1.